The van der Waals surface area contributed by atoms with Crippen LogP contribution in [-0.2, 0) is 20.7 Å². The van der Waals surface area contributed by atoms with Gasteiger partial charge in [-0.15, -0.1) is 0 Å². The van der Waals surface area contributed by atoms with Crippen LogP contribution in [0.4, 0.5) is 8.78 Å². The minimum atomic E-state index is -1.85. The largest absolute Gasteiger partial charge is 0.378 e. The number of hydrogen-bond donors (Lipinski definition) is 2. The molecule has 190 valence electrons. The van der Waals surface area contributed by atoms with E-state index in [1.54, 1.807) is 62.4 Å². The van der Waals surface area contributed by atoms with Gasteiger partial charge in [-0.05, 0) is 60.4 Å². The van der Waals surface area contributed by atoms with Crippen LogP contribution < -0.4 is 0 Å². The molecule has 1 heterocycles. The van der Waals surface area contributed by atoms with Crippen LogP contribution in [0, 0.1) is 11.6 Å². The third-order valence-electron chi connectivity index (χ3n) is 6.92. The minimum absolute atomic E-state index is 0.367. The Kier molecular flexibility index (Phi) is 6.46. The molecule has 0 amide bonds. The first-order valence-electron chi connectivity index (χ1n) is 12.1. The zero-order valence-corrected chi connectivity index (χ0v) is 20.5. The number of rotatable bonds is 6. The zero-order chi connectivity index (χ0) is 26.3. The first-order chi connectivity index (χ1) is 17.6. The van der Waals surface area contributed by atoms with E-state index in [4.69, 9.17) is 9.47 Å². The van der Waals surface area contributed by atoms with E-state index < -0.39 is 40.8 Å². The summed E-state index contributed by atoms with van der Waals surface area (Å²) in [5, 5.41) is 25.1. The number of hydrogen-bond acceptors (Lipinski definition) is 4. The topological polar surface area (TPSA) is 58.9 Å². The van der Waals surface area contributed by atoms with Crippen LogP contribution in [0.5, 0.6) is 0 Å². The molecule has 1 fully saturated rings. The van der Waals surface area contributed by atoms with Gasteiger partial charge in [-0.2, -0.15) is 0 Å². The van der Waals surface area contributed by atoms with Gasteiger partial charge >= 0.3 is 0 Å². The number of aliphatic hydroxyl groups is 2. The van der Waals surface area contributed by atoms with Crippen LogP contribution in [0.25, 0.3) is 0 Å². The number of ether oxygens (including phenoxy) is 2. The van der Waals surface area contributed by atoms with Crippen molar-refractivity contribution in [1.29, 1.82) is 0 Å². The van der Waals surface area contributed by atoms with Gasteiger partial charge in [0.05, 0.1) is 0 Å². The molecular formula is C31H28F2O4. The van der Waals surface area contributed by atoms with Crippen LogP contribution in [0.15, 0.2) is 109 Å². The Morgan fingerprint density at radius 1 is 0.541 bits per heavy atom. The third-order valence-corrected chi connectivity index (χ3v) is 6.92. The molecule has 0 saturated carbocycles. The van der Waals surface area contributed by atoms with Crippen molar-refractivity contribution < 1.29 is 28.5 Å². The third kappa shape index (κ3) is 4.47. The normalized spacial score (nSPS) is 22.2. The molecule has 1 saturated heterocycles. The van der Waals surface area contributed by atoms with Crippen LogP contribution >= 0.6 is 0 Å². The summed E-state index contributed by atoms with van der Waals surface area (Å²) in [5.74, 6) is -2.11. The summed E-state index contributed by atoms with van der Waals surface area (Å²) in [4.78, 5) is 0. The Hall–Kier alpha value is -3.42. The van der Waals surface area contributed by atoms with Gasteiger partial charge in [-0.3, -0.25) is 0 Å². The quantitative estimate of drug-likeness (QED) is 0.357. The molecular weight excluding hydrogens is 474 g/mol. The molecule has 2 N–H and O–H groups in total. The maximum absolute atomic E-state index is 13.9. The molecule has 4 aromatic carbocycles. The summed E-state index contributed by atoms with van der Waals surface area (Å²) in [6.07, 6.45) is -2.32. The van der Waals surface area contributed by atoms with E-state index >= 15 is 0 Å². The highest BCUT2D eigenvalue weighted by Crippen LogP contribution is 2.50. The van der Waals surface area contributed by atoms with Gasteiger partial charge in [0.1, 0.15) is 35.0 Å². The summed E-state index contributed by atoms with van der Waals surface area (Å²) < 4.78 is 40.6. The minimum Gasteiger partial charge on any atom is -0.378 e. The van der Waals surface area contributed by atoms with Crippen molar-refractivity contribution >= 4 is 0 Å². The van der Waals surface area contributed by atoms with Crippen LogP contribution in [0.1, 0.15) is 36.1 Å². The van der Waals surface area contributed by atoms with E-state index in [1.807, 2.05) is 12.1 Å². The van der Waals surface area contributed by atoms with E-state index in [1.165, 1.54) is 48.5 Å². The highest BCUT2D eigenvalue weighted by atomic mass is 19.1. The fraction of sp³-hybridized carbons (Fsp3) is 0.226. The fourth-order valence-corrected chi connectivity index (χ4v) is 5.15. The second-order valence-corrected chi connectivity index (χ2v) is 9.76. The van der Waals surface area contributed by atoms with E-state index in [9.17, 15) is 19.0 Å². The van der Waals surface area contributed by atoms with Crippen molar-refractivity contribution in [3.05, 3.63) is 143 Å². The highest BCUT2D eigenvalue weighted by Gasteiger charge is 2.61. The summed E-state index contributed by atoms with van der Waals surface area (Å²) >= 11 is 0. The highest BCUT2D eigenvalue weighted by molar-refractivity contribution is 5.43. The molecule has 4 nitrogen and oxygen atoms in total. The van der Waals surface area contributed by atoms with Gasteiger partial charge < -0.3 is 19.7 Å². The average Bonchev–Trinajstić information content (AvgIpc) is 3.26. The van der Waals surface area contributed by atoms with Gasteiger partial charge in [0.25, 0.3) is 0 Å². The Labute approximate surface area is 214 Å². The molecule has 6 heteroatoms. The van der Waals surface area contributed by atoms with Crippen molar-refractivity contribution in [1.82, 2.24) is 0 Å². The summed E-state index contributed by atoms with van der Waals surface area (Å²) in [6, 6.07) is 28.8. The molecule has 37 heavy (non-hydrogen) atoms. The van der Waals surface area contributed by atoms with Gasteiger partial charge in [-0.25, -0.2) is 8.78 Å². The monoisotopic (exact) mass is 502 g/mol. The lowest BCUT2D eigenvalue weighted by atomic mass is 9.72. The first-order valence-corrected chi connectivity index (χ1v) is 12.1. The lowest BCUT2D eigenvalue weighted by Crippen LogP contribution is -2.55. The first kappa shape index (κ1) is 25.2. The summed E-state index contributed by atoms with van der Waals surface area (Å²) in [5.41, 5.74) is -2.01. The predicted octanol–water partition coefficient (Wildman–Crippen LogP) is 5.66. The van der Waals surface area contributed by atoms with Crippen molar-refractivity contribution in [3.8, 4) is 0 Å². The van der Waals surface area contributed by atoms with E-state index in [2.05, 4.69) is 0 Å². The van der Waals surface area contributed by atoms with Crippen LogP contribution in [-0.4, -0.2) is 28.2 Å². The molecule has 1 aliphatic rings. The van der Waals surface area contributed by atoms with Gasteiger partial charge in [-0.1, -0.05) is 84.9 Å². The van der Waals surface area contributed by atoms with Crippen molar-refractivity contribution in [2.75, 3.05) is 0 Å². The number of benzene rings is 4. The summed E-state index contributed by atoms with van der Waals surface area (Å²) in [7, 11) is 0. The maximum Gasteiger partial charge on any atom is 0.164 e. The standard InChI is InChI=1S/C31H28F2O4/c1-29(2)36-27(30(34,21-9-5-3-6-10-21)23-13-17-25(32)18-14-23)28(37-29)31(35,22-11-7-4-8-12-22)24-15-19-26(33)20-16-24/h3-20,27-28,34-35H,1-2H3/t27-,28-,30+,31+/m1/s1. The lowest BCUT2D eigenvalue weighted by Gasteiger charge is -2.42. The molecule has 0 aromatic heterocycles. The Balaban J connectivity index is 1.76. The average molecular weight is 503 g/mol. The second kappa shape index (κ2) is 9.47. The predicted molar refractivity (Wildman–Crippen MR) is 136 cm³/mol. The van der Waals surface area contributed by atoms with Gasteiger partial charge in [0.15, 0.2) is 5.79 Å². The smallest absolute Gasteiger partial charge is 0.164 e. The summed E-state index contributed by atoms with van der Waals surface area (Å²) in [6.45, 7) is 3.40. The lowest BCUT2D eigenvalue weighted by molar-refractivity contribution is -0.172. The molecule has 1 aliphatic heterocycles. The number of halogens is 2. The molecule has 0 aliphatic carbocycles. The maximum atomic E-state index is 13.9. The Morgan fingerprint density at radius 3 is 1.16 bits per heavy atom. The fourth-order valence-electron chi connectivity index (χ4n) is 5.15. The van der Waals surface area contributed by atoms with Crippen molar-refractivity contribution in [2.24, 2.45) is 0 Å². The van der Waals surface area contributed by atoms with E-state index in [0.717, 1.165) is 0 Å². The molecule has 0 unspecified atom stereocenters. The van der Waals surface area contributed by atoms with E-state index in [0.29, 0.717) is 22.3 Å². The van der Waals surface area contributed by atoms with Crippen LogP contribution in [0.3, 0.4) is 0 Å². The molecule has 5 rings (SSSR count). The Morgan fingerprint density at radius 2 is 0.838 bits per heavy atom. The second-order valence-electron chi connectivity index (χ2n) is 9.76. The van der Waals surface area contributed by atoms with Gasteiger partial charge in [0.2, 0.25) is 0 Å². The molecule has 0 bridgehead atoms. The SMILES string of the molecule is CC1(C)O[C@@H]([C@](O)(c2ccccc2)c2ccc(F)cc2)[C@H]([C@](O)(c2ccccc2)c2ccc(F)cc2)O1. The molecule has 0 radical (unpaired) electrons. The molecule has 4 atom stereocenters. The van der Waals surface area contributed by atoms with Gasteiger partial charge in [0, 0.05) is 0 Å². The van der Waals surface area contributed by atoms with Crippen molar-refractivity contribution in [3.63, 3.8) is 0 Å². The van der Waals surface area contributed by atoms with Crippen molar-refractivity contribution in [2.45, 2.75) is 43.0 Å². The zero-order valence-electron chi connectivity index (χ0n) is 20.5. The molecule has 0 spiro atoms. The molecule has 4 aromatic rings. The van der Waals surface area contributed by atoms with Crippen LogP contribution in [0.2, 0.25) is 0 Å². The Bertz CT molecular complexity index is 1240. The van der Waals surface area contributed by atoms with E-state index in [-0.39, 0.29) is 0 Å².